The van der Waals surface area contributed by atoms with E-state index in [2.05, 4.69) is 9.71 Å². The average molecular weight is 384 g/mol. The van der Waals surface area contributed by atoms with Crippen molar-refractivity contribution in [2.24, 2.45) is 0 Å². The predicted octanol–water partition coefficient (Wildman–Crippen LogP) is 2.83. The van der Waals surface area contributed by atoms with Gasteiger partial charge < -0.3 is 4.98 Å². The molecule has 0 radical (unpaired) electrons. The zero-order valence-corrected chi connectivity index (χ0v) is 16.1. The molecule has 0 fully saturated rings. The first kappa shape index (κ1) is 19.0. The summed E-state index contributed by atoms with van der Waals surface area (Å²) in [5.41, 5.74) is 3.31. The molecule has 3 aromatic rings. The fourth-order valence-electron chi connectivity index (χ4n) is 2.78. The lowest BCUT2D eigenvalue weighted by Gasteiger charge is -2.09. The van der Waals surface area contributed by atoms with E-state index in [1.807, 2.05) is 26.0 Å². The molecule has 0 aliphatic carbocycles. The van der Waals surface area contributed by atoms with Crippen LogP contribution in [0, 0.1) is 13.8 Å². The average Bonchev–Trinajstić information content (AvgIpc) is 2.61. The molecule has 27 heavy (non-hydrogen) atoms. The number of nitrogens with one attached hydrogen (secondary N) is 2. The molecule has 2 N–H and O–H groups in total. The van der Waals surface area contributed by atoms with E-state index in [-0.39, 0.29) is 22.8 Å². The fraction of sp³-hybridized carbons (Fsp3) is 0.200. The van der Waals surface area contributed by atoms with Crippen molar-refractivity contribution in [3.63, 3.8) is 0 Å². The Morgan fingerprint density at radius 2 is 1.67 bits per heavy atom. The molecule has 7 heteroatoms. The Balaban J connectivity index is 1.86. The number of aromatic amines is 1. The number of Topliss-reactive ketones (excluding diaryl/α,β-unsaturated/α-hetero) is 1. The molecule has 140 valence electrons. The number of benzene rings is 2. The molecule has 1 heterocycles. The van der Waals surface area contributed by atoms with Gasteiger partial charge in [-0.25, -0.2) is 13.1 Å². The van der Waals surface area contributed by atoms with Gasteiger partial charge in [0.25, 0.3) is 5.56 Å². The summed E-state index contributed by atoms with van der Waals surface area (Å²) >= 11 is 0. The van der Waals surface area contributed by atoms with Gasteiger partial charge in [0, 0.05) is 23.2 Å². The maximum atomic E-state index is 12.5. The molecule has 0 saturated carbocycles. The summed E-state index contributed by atoms with van der Waals surface area (Å²) in [6, 6.07) is 11.2. The third kappa shape index (κ3) is 3.99. The van der Waals surface area contributed by atoms with Crippen LogP contribution in [0.2, 0.25) is 0 Å². The molecular formula is C20H20N2O4S. The van der Waals surface area contributed by atoms with Crippen LogP contribution >= 0.6 is 0 Å². The number of hydrogen-bond donors (Lipinski definition) is 2. The Kier molecular flexibility index (Phi) is 4.99. The minimum Gasteiger partial charge on any atom is -0.322 e. The van der Waals surface area contributed by atoms with Crippen LogP contribution in [0.3, 0.4) is 0 Å². The van der Waals surface area contributed by atoms with Crippen LogP contribution < -0.4 is 10.3 Å². The number of carbonyl (C=O) groups is 1. The van der Waals surface area contributed by atoms with E-state index in [9.17, 15) is 18.0 Å². The first-order valence-corrected chi connectivity index (χ1v) is 9.89. The van der Waals surface area contributed by atoms with Crippen LogP contribution in [0.4, 0.5) is 0 Å². The van der Waals surface area contributed by atoms with Crippen molar-refractivity contribution in [2.45, 2.75) is 32.2 Å². The molecule has 0 aliphatic rings. The minimum absolute atomic E-state index is 0.0381. The molecule has 0 spiro atoms. The van der Waals surface area contributed by atoms with Crippen LogP contribution in [0.15, 0.2) is 52.2 Å². The second-order valence-electron chi connectivity index (χ2n) is 6.55. The van der Waals surface area contributed by atoms with Gasteiger partial charge in [0.2, 0.25) is 10.0 Å². The maximum absolute atomic E-state index is 12.5. The van der Waals surface area contributed by atoms with Gasteiger partial charge in [0.1, 0.15) is 0 Å². The number of pyridine rings is 1. The van der Waals surface area contributed by atoms with E-state index in [4.69, 9.17) is 0 Å². The van der Waals surface area contributed by atoms with Gasteiger partial charge in [-0.2, -0.15) is 0 Å². The fourth-order valence-corrected chi connectivity index (χ4v) is 3.78. The largest absolute Gasteiger partial charge is 0.322 e. The zero-order valence-electron chi connectivity index (χ0n) is 15.3. The number of sulfonamides is 1. The number of rotatable bonds is 5. The number of aromatic nitrogens is 1. The topological polar surface area (TPSA) is 96.1 Å². The third-order valence-electron chi connectivity index (χ3n) is 4.56. The summed E-state index contributed by atoms with van der Waals surface area (Å²) in [6.07, 6.45) is 0. The maximum Gasteiger partial charge on any atom is 0.252 e. The lowest BCUT2D eigenvalue weighted by molar-refractivity contribution is 0.101. The number of carbonyl (C=O) groups excluding carboxylic acids is 1. The van der Waals surface area contributed by atoms with Gasteiger partial charge in [-0.3, -0.25) is 9.59 Å². The van der Waals surface area contributed by atoms with Crippen LogP contribution in [0.1, 0.15) is 34.0 Å². The number of aryl methyl sites for hydroxylation is 2. The second-order valence-corrected chi connectivity index (χ2v) is 8.32. The van der Waals surface area contributed by atoms with Gasteiger partial charge in [-0.1, -0.05) is 12.1 Å². The van der Waals surface area contributed by atoms with Crippen LogP contribution in [0.25, 0.3) is 10.9 Å². The number of ketones is 1. The Hall–Kier alpha value is -2.77. The molecule has 0 atom stereocenters. The second kappa shape index (κ2) is 7.09. The number of hydrogen-bond acceptors (Lipinski definition) is 4. The first-order chi connectivity index (χ1) is 12.7. The van der Waals surface area contributed by atoms with E-state index < -0.39 is 10.0 Å². The van der Waals surface area contributed by atoms with Crippen molar-refractivity contribution in [1.29, 1.82) is 0 Å². The quantitative estimate of drug-likeness (QED) is 0.661. The summed E-state index contributed by atoms with van der Waals surface area (Å²) in [5, 5.41) is 0.845. The van der Waals surface area contributed by atoms with Crippen molar-refractivity contribution in [3.05, 3.63) is 75.1 Å². The molecule has 0 bridgehead atoms. The third-order valence-corrected chi connectivity index (χ3v) is 5.98. The number of fused-ring (bicyclic) bond motifs is 1. The van der Waals surface area contributed by atoms with E-state index in [0.29, 0.717) is 11.1 Å². The van der Waals surface area contributed by atoms with E-state index >= 15 is 0 Å². The highest BCUT2D eigenvalue weighted by Crippen LogP contribution is 2.17. The van der Waals surface area contributed by atoms with Gasteiger partial charge in [-0.15, -0.1) is 0 Å². The smallest absolute Gasteiger partial charge is 0.252 e. The summed E-state index contributed by atoms with van der Waals surface area (Å²) in [7, 11) is -3.80. The van der Waals surface area contributed by atoms with E-state index in [1.165, 1.54) is 31.2 Å². The Bertz CT molecular complexity index is 1190. The molecular weight excluding hydrogens is 364 g/mol. The Morgan fingerprint density at radius 1 is 1.04 bits per heavy atom. The molecule has 3 rings (SSSR count). The standard InChI is InChI=1S/C20H20N2O4S/c1-12-8-16-10-17(20(24)22-19(16)9-13(12)2)11-21-27(25,26)18-6-4-15(5-7-18)14(3)23/h4-10,21H,11H2,1-3H3,(H,22,24). The highest BCUT2D eigenvalue weighted by atomic mass is 32.2. The minimum atomic E-state index is -3.80. The molecule has 0 amide bonds. The lowest BCUT2D eigenvalue weighted by Crippen LogP contribution is -2.27. The van der Waals surface area contributed by atoms with Crippen molar-refractivity contribution in [1.82, 2.24) is 9.71 Å². The molecule has 1 aromatic heterocycles. The van der Waals surface area contributed by atoms with Crippen molar-refractivity contribution >= 4 is 26.7 Å². The van der Waals surface area contributed by atoms with Crippen molar-refractivity contribution in [3.8, 4) is 0 Å². The highest BCUT2D eigenvalue weighted by molar-refractivity contribution is 7.89. The van der Waals surface area contributed by atoms with Crippen molar-refractivity contribution in [2.75, 3.05) is 0 Å². The molecule has 2 aromatic carbocycles. The highest BCUT2D eigenvalue weighted by Gasteiger charge is 2.15. The normalized spacial score (nSPS) is 11.7. The molecule has 0 unspecified atom stereocenters. The Morgan fingerprint density at radius 3 is 2.30 bits per heavy atom. The molecule has 0 aliphatic heterocycles. The monoisotopic (exact) mass is 384 g/mol. The first-order valence-electron chi connectivity index (χ1n) is 8.41. The van der Waals surface area contributed by atoms with E-state index in [1.54, 1.807) is 6.07 Å². The van der Waals surface area contributed by atoms with E-state index in [0.717, 1.165) is 22.0 Å². The van der Waals surface area contributed by atoms with Crippen LogP contribution in [-0.2, 0) is 16.6 Å². The molecule has 0 saturated heterocycles. The summed E-state index contributed by atoms with van der Waals surface area (Å²) in [5.74, 6) is -0.139. The molecule has 6 nitrogen and oxygen atoms in total. The van der Waals surface area contributed by atoms with Gasteiger partial charge >= 0.3 is 0 Å². The SMILES string of the molecule is CC(=O)c1ccc(S(=O)(=O)NCc2cc3cc(C)c(C)cc3[nH]c2=O)cc1. The lowest BCUT2D eigenvalue weighted by atomic mass is 10.1. The van der Waals surface area contributed by atoms with Gasteiger partial charge in [-0.05, 0) is 67.6 Å². The summed E-state index contributed by atoms with van der Waals surface area (Å²) < 4.78 is 27.3. The Labute approximate surface area is 157 Å². The summed E-state index contributed by atoms with van der Waals surface area (Å²) in [4.78, 5) is 26.4. The van der Waals surface area contributed by atoms with Gasteiger partial charge in [0.15, 0.2) is 5.78 Å². The zero-order chi connectivity index (χ0) is 19.8. The number of H-pyrrole nitrogens is 1. The van der Waals surface area contributed by atoms with Crippen LogP contribution in [-0.4, -0.2) is 19.2 Å². The predicted molar refractivity (Wildman–Crippen MR) is 105 cm³/mol. The van der Waals surface area contributed by atoms with Crippen LogP contribution in [0.5, 0.6) is 0 Å². The summed E-state index contributed by atoms with van der Waals surface area (Å²) in [6.45, 7) is 5.23. The van der Waals surface area contributed by atoms with Gasteiger partial charge in [0.05, 0.1) is 4.90 Å². The van der Waals surface area contributed by atoms with Crippen molar-refractivity contribution < 1.29 is 13.2 Å².